The van der Waals surface area contributed by atoms with E-state index in [9.17, 15) is 9.59 Å². The summed E-state index contributed by atoms with van der Waals surface area (Å²) >= 11 is 0. The third kappa shape index (κ3) is 2.18. The molecule has 1 amide bonds. The molecule has 3 heteroatoms. The summed E-state index contributed by atoms with van der Waals surface area (Å²) in [4.78, 5) is 24.7. The van der Waals surface area contributed by atoms with Crippen molar-refractivity contribution >= 4 is 12.2 Å². The largest absolute Gasteiger partial charge is 0.345 e. The van der Waals surface area contributed by atoms with E-state index < -0.39 is 0 Å². The Kier molecular flexibility index (Phi) is 3.13. The van der Waals surface area contributed by atoms with E-state index in [0.29, 0.717) is 18.1 Å². The Morgan fingerprint density at radius 1 is 1.26 bits per heavy atom. The van der Waals surface area contributed by atoms with Gasteiger partial charge in [-0.15, -0.1) is 0 Å². The molecule has 3 aliphatic rings. The van der Waals surface area contributed by atoms with Crippen LogP contribution in [0.2, 0.25) is 0 Å². The summed E-state index contributed by atoms with van der Waals surface area (Å²) < 4.78 is 0. The number of nitrogens with zero attached hydrogens (tertiary/aromatic N) is 1. The average Bonchev–Trinajstić information content (AvgIpc) is 2.59. The first-order valence-electron chi connectivity index (χ1n) is 7.04. The minimum Gasteiger partial charge on any atom is -0.345 e. The highest BCUT2D eigenvalue weighted by molar-refractivity contribution is 6.03. The second-order valence-corrected chi connectivity index (χ2v) is 5.67. The number of hydrogen-bond acceptors (Lipinski definition) is 2. The lowest BCUT2D eigenvalue weighted by molar-refractivity contribution is -0.118. The minimum atomic E-state index is 0.292. The van der Waals surface area contributed by atoms with Crippen LogP contribution in [0.3, 0.4) is 0 Å². The van der Waals surface area contributed by atoms with Crippen molar-refractivity contribution in [2.75, 3.05) is 13.1 Å². The number of rotatable bonds is 1. The quantitative estimate of drug-likeness (QED) is 0.676. The molecule has 1 saturated heterocycles. The van der Waals surface area contributed by atoms with Crippen LogP contribution < -0.4 is 0 Å². The van der Waals surface area contributed by atoms with E-state index in [1.165, 1.54) is 16.7 Å². The first-order valence-corrected chi connectivity index (χ1v) is 7.04. The molecule has 2 fully saturated rings. The molecule has 0 aromatic rings. The molecule has 100 valence electrons. The molecule has 1 heterocycles. The standard InChI is InChI=1S/C16H19NO2/c1-11-8-12-4-6-17(10-18)7-5-13(12)9-15-14(11)2-3-16(15)19/h8-10,13H,2-7H2,1H3. The van der Waals surface area contributed by atoms with Gasteiger partial charge in [-0.2, -0.15) is 0 Å². The maximum Gasteiger partial charge on any atom is 0.209 e. The van der Waals surface area contributed by atoms with E-state index in [1.807, 2.05) is 4.90 Å². The van der Waals surface area contributed by atoms with Crippen LogP contribution in [0.4, 0.5) is 0 Å². The molecule has 1 atom stereocenters. The zero-order valence-corrected chi connectivity index (χ0v) is 11.3. The lowest BCUT2D eigenvalue weighted by Crippen LogP contribution is -2.22. The number of carbonyl (C=O) groups excluding carboxylic acids is 2. The van der Waals surface area contributed by atoms with Crippen LogP contribution in [-0.4, -0.2) is 30.2 Å². The zero-order valence-electron chi connectivity index (χ0n) is 11.3. The molecule has 1 saturated carbocycles. The molecule has 3 nitrogen and oxygen atoms in total. The fourth-order valence-corrected chi connectivity index (χ4v) is 3.38. The van der Waals surface area contributed by atoms with Crippen molar-refractivity contribution in [3.05, 3.63) is 34.4 Å². The fraction of sp³-hybridized carbons (Fsp3) is 0.500. The third-order valence-electron chi connectivity index (χ3n) is 4.51. The minimum absolute atomic E-state index is 0.292. The first kappa shape index (κ1) is 12.4. The first-order chi connectivity index (χ1) is 9.19. The highest BCUT2D eigenvalue weighted by atomic mass is 16.1. The summed E-state index contributed by atoms with van der Waals surface area (Å²) in [5.74, 6) is 0.620. The Bertz CT molecular complexity index is 525. The smallest absolute Gasteiger partial charge is 0.209 e. The van der Waals surface area contributed by atoms with E-state index in [1.54, 1.807) is 0 Å². The summed E-state index contributed by atoms with van der Waals surface area (Å²) in [6.07, 6.45) is 8.78. The number of hydrogen-bond donors (Lipinski definition) is 0. The van der Waals surface area contributed by atoms with Crippen molar-refractivity contribution in [3.8, 4) is 0 Å². The van der Waals surface area contributed by atoms with Crippen molar-refractivity contribution in [3.63, 3.8) is 0 Å². The molecule has 1 unspecified atom stereocenters. The number of allylic oxidation sites excluding steroid dienone is 5. The summed E-state index contributed by atoms with van der Waals surface area (Å²) in [6, 6.07) is 0. The van der Waals surface area contributed by atoms with E-state index in [2.05, 4.69) is 19.1 Å². The Hall–Kier alpha value is -1.64. The maximum absolute atomic E-state index is 12.0. The highest BCUT2D eigenvalue weighted by Gasteiger charge is 2.29. The predicted octanol–water partition coefficient (Wildman–Crippen LogP) is 2.40. The number of fused-ring (bicyclic) bond motifs is 2. The Morgan fingerprint density at radius 2 is 2.11 bits per heavy atom. The predicted molar refractivity (Wildman–Crippen MR) is 73.5 cm³/mol. The van der Waals surface area contributed by atoms with Crippen LogP contribution in [0.15, 0.2) is 34.4 Å². The lowest BCUT2D eigenvalue weighted by atomic mass is 9.92. The second kappa shape index (κ2) is 4.80. The summed E-state index contributed by atoms with van der Waals surface area (Å²) in [6.45, 7) is 3.70. The average molecular weight is 257 g/mol. The molecule has 0 N–H and O–H groups in total. The molecular formula is C16H19NO2. The highest BCUT2D eigenvalue weighted by Crippen LogP contribution is 2.38. The number of ketones is 1. The SMILES string of the molecule is CC1=C2CCC(=O)C2=CC2CCN(C=O)CCC2=C1. The zero-order chi connectivity index (χ0) is 13.4. The van der Waals surface area contributed by atoms with Crippen molar-refractivity contribution in [2.45, 2.75) is 32.6 Å². The summed E-state index contributed by atoms with van der Waals surface area (Å²) in [7, 11) is 0. The van der Waals surface area contributed by atoms with Gasteiger partial charge in [0, 0.05) is 31.0 Å². The molecular weight excluding hydrogens is 238 g/mol. The van der Waals surface area contributed by atoms with Crippen molar-refractivity contribution in [1.82, 2.24) is 4.90 Å². The lowest BCUT2D eigenvalue weighted by Gasteiger charge is -2.13. The summed E-state index contributed by atoms with van der Waals surface area (Å²) in [5.41, 5.74) is 4.82. The number of amides is 1. The number of likely N-dealkylation sites (tertiary alicyclic amines) is 1. The van der Waals surface area contributed by atoms with E-state index in [-0.39, 0.29) is 0 Å². The van der Waals surface area contributed by atoms with Crippen LogP contribution in [-0.2, 0) is 9.59 Å². The maximum atomic E-state index is 12.0. The molecule has 0 aromatic heterocycles. The van der Waals surface area contributed by atoms with Crippen LogP contribution in [0.5, 0.6) is 0 Å². The molecule has 2 aliphatic carbocycles. The molecule has 1 aliphatic heterocycles. The van der Waals surface area contributed by atoms with Crippen LogP contribution in [0, 0.1) is 5.92 Å². The van der Waals surface area contributed by atoms with Crippen molar-refractivity contribution < 1.29 is 9.59 Å². The monoisotopic (exact) mass is 257 g/mol. The molecule has 3 rings (SSSR count). The molecule has 0 spiro atoms. The van der Waals surface area contributed by atoms with Gasteiger partial charge in [0.05, 0.1) is 0 Å². The van der Waals surface area contributed by atoms with Gasteiger partial charge in [-0.25, -0.2) is 0 Å². The molecule has 0 aromatic carbocycles. The third-order valence-corrected chi connectivity index (χ3v) is 4.51. The van der Waals surface area contributed by atoms with Gasteiger partial charge in [0.2, 0.25) is 6.41 Å². The Labute approximate surface area is 113 Å². The van der Waals surface area contributed by atoms with Crippen LogP contribution >= 0.6 is 0 Å². The van der Waals surface area contributed by atoms with Gasteiger partial charge in [-0.1, -0.05) is 17.7 Å². The molecule has 0 radical (unpaired) electrons. The van der Waals surface area contributed by atoms with Crippen LogP contribution in [0.1, 0.15) is 32.6 Å². The van der Waals surface area contributed by atoms with E-state index >= 15 is 0 Å². The van der Waals surface area contributed by atoms with Gasteiger partial charge in [0.1, 0.15) is 0 Å². The summed E-state index contributed by atoms with van der Waals surface area (Å²) in [5, 5.41) is 0. The normalized spacial score (nSPS) is 27.1. The van der Waals surface area contributed by atoms with Gasteiger partial charge >= 0.3 is 0 Å². The van der Waals surface area contributed by atoms with Crippen molar-refractivity contribution in [2.24, 2.45) is 5.92 Å². The molecule has 0 bridgehead atoms. The Balaban J connectivity index is 1.98. The fourth-order valence-electron chi connectivity index (χ4n) is 3.38. The van der Waals surface area contributed by atoms with Gasteiger partial charge < -0.3 is 4.90 Å². The van der Waals surface area contributed by atoms with Gasteiger partial charge in [0.15, 0.2) is 5.78 Å². The van der Waals surface area contributed by atoms with E-state index in [4.69, 9.17) is 0 Å². The van der Waals surface area contributed by atoms with E-state index in [0.717, 1.165) is 44.3 Å². The van der Waals surface area contributed by atoms with Gasteiger partial charge in [-0.05, 0) is 37.3 Å². The van der Waals surface area contributed by atoms with Gasteiger partial charge in [-0.3, -0.25) is 9.59 Å². The topological polar surface area (TPSA) is 37.4 Å². The second-order valence-electron chi connectivity index (χ2n) is 5.67. The Morgan fingerprint density at radius 3 is 2.89 bits per heavy atom. The van der Waals surface area contributed by atoms with Crippen LogP contribution in [0.25, 0.3) is 0 Å². The van der Waals surface area contributed by atoms with Gasteiger partial charge in [0.25, 0.3) is 0 Å². The van der Waals surface area contributed by atoms with Crippen molar-refractivity contribution in [1.29, 1.82) is 0 Å². The number of Topliss-reactive ketones (excluding diaryl/α,β-unsaturated/α-hetero) is 1. The number of carbonyl (C=O) groups is 2. The molecule has 19 heavy (non-hydrogen) atoms.